The van der Waals surface area contributed by atoms with Gasteiger partial charge in [-0.15, -0.1) is 0 Å². The molecule has 1 rings (SSSR count). The maximum Gasteiger partial charge on any atom is 0.312 e. The van der Waals surface area contributed by atoms with Crippen LogP contribution in [0.25, 0.3) is 0 Å². The zero-order valence-corrected chi connectivity index (χ0v) is 12.5. The molecule has 1 fully saturated rings. The lowest BCUT2D eigenvalue weighted by molar-refractivity contribution is -0.149. The minimum Gasteiger partial charge on any atom is -0.465 e. The molecule has 1 N–H and O–H groups in total. The molecule has 1 aliphatic heterocycles. The molecule has 2 atom stereocenters. The van der Waals surface area contributed by atoms with E-state index in [-0.39, 0.29) is 17.9 Å². The van der Waals surface area contributed by atoms with Gasteiger partial charge in [-0.3, -0.25) is 4.79 Å². The van der Waals surface area contributed by atoms with Crippen molar-refractivity contribution in [3.05, 3.63) is 0 Å². The third-order valence-corrected chi connectivity index (χ3v) is 3.59. The Morgan fingerprint density at radius 3 is 2.63 bits per heavy atom. The van der Waals surface area contributed by atoms with Gasteiger partial charge in [0.25, 0.3) is 0 Å². The second-order valence-electron chi connectivity index (χ2n) is 5.24. The molecule has 0 aromatic rings. The normalized spacial score (nSPS) is 22.6. The van der Waals surface area contributed by atoms with Crippen molar-refractivity contribution in [2.45, 2.75) is 58.4 Å². The minimum absolute atomic E-state index is 0.1000. The summed E-state index contributed by atoms with van der Waals surface area (Å²) in [7, 11) is 0. The molecule has 0 bridgehead atoms. The summed E-state index contributed by atoms with van der Waals surface area (Å²) in [5.74, 6) is -0.225. The van der Waals surface area contributed by atoms with E-state index in [1.54, 1.807) is 0 Å². The average molecular weight is 271 g/mol. The highest BCUT2D eigenvalue weighted by atomic mass is 16.5. The minimum atomic E-state index is -0.125. The molecular formula is C15H29NO3. The Morgan fingerprint density at radius 1 is 1.16 bits per heavy atom. The van der Waals surface area contributed by atoms with Crippen LogP contribution in [0.15, 0.2) is 0 Å². The van der Waals surface area contributed by atoms with Crippen molar-refractivity contribution in [2.75, 3.05) is 26.4 Å². The molecule has 19 heavy (non-hydrogen) atoms. The van der Waals surface area contributed by atoms with Gasteiger partial charge in [0.15, 0.2) is 0 Å². The Labute approximate surface area is 117 Å². The second-order valence-corrected chi connectivity index (χ2v) is 5.24. The monoisotopic (exact) mass is 271 g/mol. The Morgan fingerprint density at radius 2 is 1.89 bits per heavy atom. The third-order valence-electron chi connectivity index (χ3n) is 3.59. The molecule has 112 valence electrons. The fourth-order valence-electron chi connectivity index (χ4n) is 2.41. The molecule has 2 unspecified atom stereocenters. The van der Waals surface area contributed by atoms with Crippen LogP contribution in [-0.4, -0.2) is 38.4 Å². The van der Waals surface area contributed by atoms with Crippen LogP contribution < -0.4 is 5.32 Å². The van der Waals surface area contributed by atoms with Crippen molar-refractivity contribution in [1.29, 1.82) is 0 Å². The first kappa shape index (κ1) is 16.4. The molecule has 0 amide bonds. The van der Waals surface area contributed by atoms with Crippen LogP contribution in [0.3, 0.4) is 0 Å². The molecule has 1 heterocycles. The van der Waals surface area contributed by atoms with Crippen molar-refractivity contribution in [2.24, 2.45) is 5.92 Å². The molecule has 0 spiro atoms. The zero-order valence-electron chi connectivity index (χ0n) is 12.5. The first-order valence-electron chi connectivity index (χ1n) is 7.77. The molecule has 0 aliphatic carbocycles. The van der Waals surface area contributed by atoms with E-state index in [4.69, 9.17) is 9.47 Å². The van der Waals surface area contributed by atoms with E-state index in [0.29, 0.717) is 19.8 Å². The van der Waals surface area contributed by atoms with E-state index >= 15 is 0 Å². The summed E-state index contributed by atoms with van der Waals surface area (Å²) in [6, 6.07) is 0.127. The van der Waals surface area contributed by atoms with Crippen molar-refractivity contribution >= 4 is 5.97 Å². The summed E-state index contributed by atoms with van der Waals surface area (Å²) in [4.78, 5) is 11.9. The number of carbonyl (C=O) groups is 1. The highest BCUT2D eigenvalue weighted by Gasteiger charge is 2.34. The van der Waals surface area contributed by atoms with Gasteiger partial charge in [-0.05, 0) is 13.0 Å². The average Bonchev–Trinajstić information content (AvgIpc) is 2.86. The van der Waals surface area contributed by atoms with E-state index in [1.165, 1.54) is 25.7 Å². The van der Waals surface area contributed by atoms with Crippen LogP contribution in [0, 0.1) is 5.92 Å². The van der Waals surface area contributed by atoms with Crippen LogP contribution in [0.1, 0.15) is 52.4 Å². The lowest BCUT2D eigenvalue weighted by atomic mass is 10.0. The Balaban J connectivity index is 2.07. The standard InChI is InChI=1S/C15H29NO3/c1-3-5-6-7-8-9-10-19-15(17)13-11-18-12-14(13)16-4-2/h13-14,16H,3-12H2,1-2H3. The van der Waals surface area contributed by atoms with E-state index in [1.807, 2.05) is 6.92 Å². The van der Waals surface area contributed by atoms with E-state index in [2.05, 4.69) is 12.2 Å². The lowest BCUT2D eigenvalue weighted by Gasteiger charge is -2.16. The number of carbonyl (C=O) groups excluding carboxylic acids is 1. The Bertz CT molecular complexity index is 246. The maximum absolute atomic E-state index is 11.9. The summed E-state index contributed by atoms with van der Waals surface area (Å²) in [6.07, 6.45) is 7.26. The number of nitrogens with one attached hydrogen (secondary N) is 1. The van der Waals surface area contributed by atoms with Crippen molar-refractivity contribution in [1.82, 2.24) is 5.32 Å². The molecule has 0 aromatic heterocycles. The number of hydrogen-bond donors (Lipinski definition) is 1. The predicted octanol–water partition coefficient (Wildman–Crippen LogP) is 2.51. The van der Waals surface area contributed by atoms with Crippen LogP contribution in [0.2, 0.25) is 0 Å². The lowest BCUT2D eigenvalue weighted by Crippen LogP contribution is -2.39. The van der Waals surface area contributed by atoms with Crippen molar-refractivity contribution in [3.63, 3.8) is 0 Å². The van der Waals surface area contributed by atoms with Gasteiger partial charge in [0, 0.05) is 6.04 Å². The predicted molar refractivity (Wildman–Crippen MR) is 76.1 cm³/mol. The fraction of sp³-hybridized carbons (Fsp3) is 0.933. The number of likely N-dealkylation sites (N-methyl/N-ethyl adjacent to an activating group) is 1. The summed E-state index contributed by atoms with van der Waals surface area (Å²) >= 11 is 0. The van der Waals surface area contributed by atoms with Gasteiger partial charge in [0.1, 0.15) is 0 Å². The van der Waals surface area contributed by atoms with Gasteiger partial charge < -0.3 is 14.8 Å². The Hall–Kier alpha value is -0.610. The van der Waals surface area contributed by atoms with Crippen LogP contribution in [0.5, 0.6) is 0 Å². The highest BCUT2D eigenvalue weighted by Crippen LogP contribution is 2.15. The van der Waals surface area contributed by atoms with Gasteiger partial charge in [-0.2, -0.15) is 0 Å². The molecule has 1 aliphatic rings. The summed E-state index contributed by atoms with van der Waals surface area (Å²) < 4.78 is 10.7. The zero-order chi connectivity index (χ0) is 13.9. The number of unbranched alkanes of at least 4 members (excludes halogenated alkanes) is 5. The molecular weight excluding hydrogens is 242 g/mol. The van der Waals surface area contributed by atoms with Crippen LogP contribution >= 0.6 is 0 Å². The van der Waals surface area contributed by atoms with Gasteiger partial charge in [0.2, 0.25) is 0 Å². The topological polar surface area (TPSA) is 47.6 Å². The summed E-state index contributed by atoms with van der Waals surface area (Å²) in [5.41, 5.74) is 0. The quantitative estimate of drug-likeness (QED) is 0.490. The summed E-state index contributed by atoms with van der Waals surface area (Å²) in [6.45, 7) is 6.77. The van der Waals surface area contributed by atoms with Gasteiger partial charge in [0.05, 0.1) is 25.7 Å². The first-order valence-corrected chi connectivity index (χ1v) is 7.77. The highest BCUT2D eigenvalue weighted by molar-refractivity contribution is 5.73. The van der Waals surface area contributed by atoms with Crippen LogP contribution in [0.4, 0.5) is 0 Å². The third kappa shape index (κ3) is 6.39. The van der Waals surface area contributed by atoms with Gasteiger partial charge in [-0.25, -0.2) is 0 Å². The van der Waals surface area contributed by atoms with Gasteiger partial charge >= 0.3 is 5.97 Å². The fourth-order valence-corrected chi connectivity index (χ4v) is 2.41. The SMILES string of the molecule is CCCCCCCCOC(=O)C1COCC1NCC. The Kier molecular flexibility index (Phi) is 8.84. The van der Waals surface area contributed by atoms with Crippen LogP contribution in [-0.2, 0) is 14.3 Å². The van der Waals surface area contributed by atoms with E-state index < -0.39 is 0 Å². The second kappa shape index (κ2) is 10.2. The molecule has 0 aromatic carbocycles. The summed E-state index contributed by atoms with van der Waals surface area (Å²) in [5, 5.41) is 3.27. The number of ether oxygens (including phenoxy) is 2. The molecule has 0 saturated carbocycles. The largest absolute Gasteiger partial charge is 0.465 e. The molecule has 0 radical (unpaired) electrons. The number of esters is 1. The first-order chi connectivity index (χ1) is 9.29. The van der Waals surface area contributed by atoms with E-state index in [9.17, 15) is 4.79 Å². The smallest absolute Gasteiger partial charge is 0.312 e. The van der Waals surface area contributed by atoms with E-state index in [0.717, 1.165) is 19.4 Å². The van der Waals surface area contributed by atoms with Crippen molar-refractivity contribution < 1.29 is 14.3 Å². The number of hydrogen-bond acceptors (Lipinski definition) is 4. The van der Waals surface area contributed by atoms with Crippen molar-refractivity contribution in [3.8, 4) is 0 Å². The molecule has 4 heteroatoms. The molecule has 1 saturated heterocycles. The molecule has 4 nitrogen and oxygen atoms in total. The number of rotatable bonds is 10. The van der Waals surface area contributed by atoms with Gasteiger partial charge in [-0.1, -0.05) is 46.0 Å². The maximum atomic E-state index is 11.9.